The maximum absolute atomic E-state index is 10.8. The summed E-state index contributed by atoms with van der Waals surface area (Å²) in [6.07, 6.45) is 0.884. The molecule has 0 saturated heterocycles. The van der Waals surface area contributed by atoms with Gasteiger partial charge in [-0.2, -0.15) is 0 Å². The fraction of sp³-hybridized carbons (Fsp3) is 0.600. The van der Waals surface area contributed by atoms with E-state index in [2.05, 4.69) is 10.3 Å². The van der Waals surface area contributed by atoms with E-state index in [0.717, 1.165) is 19.6 Å². The van der Waals surface area contributed by atoms with E-state index in [9.17, 15) is 4.79 Å². The smallest absolute Gasteiger partial charge is 0.347 e. The lowest BCUT2D eigenvalue weighted by molar-refractivity contribution is 0.0701. The van der Waals surface area contributed by atoms with Crippen molar-refractivity contribution in [2.75, 3.05) is 25.1 Å². The van der Waals surface area contributed by atoms with Gasteiger partial charge in [-0.25, -0.2) is 9.78 Å². The Hall–Kier alpha value is -1.14. The van der Waals surface area contributed by atoms with Crippen LogP contribution >= 0.6 is 11.3 Å². The first-order valence-corrected chi connectivity index (χ1v) is 5.99. The summed E-state index contributed by atoms with van der Waals surface area (Å²) < 4.78 is 5.19. The molecular weight excluding hydrogens is 228 g/mol. The van der Waals surface area contributed by atoms with E-state index >= 15 is 0 Å². The molecule has 2 N–H and O–H groups in total. The number of hydrogen-bond donors (Lipinski definition) is 2. The molecule has 1 aromatic rings. The molecule has 0 radical (unpaired) electrons. The van der Waals surface area contributed by atoms with E-state index in [0.29, 0.717) is 22.3 Å². The summed E-state index contributed by atoms with van der Waals surface area (Å²) in [4.78, 5) is 15.2. The Kier molecular flexibility index (Phi) is 5.21. The molecule has 16 heavy (non-hydrogen) atoms. The van der Waals surface area contributed by atoms with Gasteiger partial charge in [0.05, 0.1) is 5.69 Å². The molecule has 0 unspecified atom stereocenters. The van der Waals surface area contributed by atoms with Crippen LogP contribution in [0.5, 0.6) is 0 Å². The van der Waals surface area contributed by atoms with Crippen LogP contribution in [0.4, 0.5) is 5.13 Å². The van der Waals surface area contributed by atoms with Gasteiger partial charge in [-0.3, -0.25) is 0 Å². The summed E-state index contributed by atoms with van der Waals surface area (Å²) in [5.74, 6) is -0.919. The van der Waals surface area contributed by atoms with Gasteiger partial charge in [0, 0.05) is 19.8 Å². The number of nitrogens with one attached hydrogen (secondary N) is 1. The highest BCUT2D eigenvalue weighted by atomic mass is 32.1. The maximum atomic E-state index is 10.8. The molecule has 0 amide bonds. The highest BCUT2D eigenvalue weighted by Crippen LogP contribution is 2.22. The van der Waals surface area contributed by atoms with Crippen LogP contribution in [0.25, 0.3) is 0 Å². The van der Waals surface area contributed by atoms with Crippen LogP contribution in [-0.2, 0) is 4.74 Å². The van der Waals surface area contributed by atoms with Gasteiger partial charge in [-0.15, -0.1) is 0 Å². The number of aryl methyl sites for hydroxylation is 1. The van der Waals surface area contributed by atoms with Crippen molar-refractivity contribution in [2.45, 2.75) is 20.3 Å². The molecule has 0 bridgehead atoms. The molecule has 0 aliphatic rings. The van der Waals surface area contributed by atoms with Crippen LogP contribution in [0.15, 0.2) is 0 Å². The van der Waals surface area contributed by atoms with E-state index in [1.165, 1.54) is 11.3 Å². The van der Waals surface area contributed by atoms with Crippen molar-refractivity contribution in [1.29, 1.82) is 0 Å². The van der Waals surface area contributed by atoms with Gasteiger partial charge >= 0.3 is 5.97 Å². The average molecular weight is 244 g/mol. The lowest BCUT2D eigenvalue weighted by Gasteiger charge is -2.02. The van der Waals surface area contributed by atoms with Crippen molar-refractivity contribution in [3.63, 3.8) is 0 Å². The first-order chi connectivity index (χ1) is 7.65. The summed E-state index contributed by atoms with van der Waals surface area (Å²) in [5, 5.41) is 12.6. The normalized spacial score (nSPS) is 10.4. The zero-order chi connectivity index (χ0) is 12.0. The molecule has 0 spiro atoms. The molecule has 5 nitrogen and oxygen atoms in total. The zero-order valence-electron chi connectivity index (χ0n) is 9.45. The zero-order valence-corrected chi connectivity index (χ0v) is 10.3. The van der Waals surface area contributed by atoms with Crippen molar-refractivity contribution < 1.29 is 14.6 Å². The Morgan fingerprint density at radius 1 is 1.62 bits per heavy atom. The molecule has 0 aliphatic heterocycles. The minimum atomic E-state index is -0.919. The molecule has 90 valence electrons. The molecule has 0 saturated carbocycles. The molecule has 1 aromatic heterocycles. The molecule has 0 aliphatic carbocycles. The molecule has 0 atom stereocenters. The monoisotopic (exact) mass is 244 g/mol. The van der Waals surface area contributed by atoms with Gasteiger partial charge in [0.1, 0.15) is 4.88 Å². The summed E-state index contributed by atoms with van der Waals surface area (Å²) in [6, 6.07) is 0. The van der Waals surface area contributed by atoms with Crippen LogP contribution in [0.2, 0.25) is 0 Å². The third-order valence-electron chi connectivity index (χ3n) is 1.94. The number of aromatic nitrogens is 1. The summed E-state index contributed by atoms with van der Waals surface area (Å²) in [5.41, 5.74) is 0.560. The topological polar surface area (TPSA) is 71.5 Å². The number of carboxylic acid groups (broad SMARTS) is 1. The third kappa shape index (κ3) is 3.79. The predicted octanol–water partition coefficient (Wildman–Crippen LogP) is 1.99. The van der Waals surface area contributed by atoms with E-state index in [-0.39, 0.29) is 0 Å². The fourth-order valence-electron chi connectivity index (χ4n) is 1.18. The Bertz CT molecular complexity index is 352. The van der Waals surface area contributed by atoms with Crippen LogP contribution in [0.3, 0.4) is 0 Å². The van der Waals surface area contributed by atoms with Gasteiger partial charge in [0.2, 0.25) is 0 Å². The Balaban J connectivity index is 2.37. The maximum Gasteiger partial charge on any atom is 0.347 e. The van der Waals surface area contributed by atoms with Gasteiger partial charge < -0.3 is 15.2 Å². The second-order valence-electron chi connectivity index (χ2n) is 3.22. The Morgan fingerprint density at radius 3 is 2.94 bits per heavy atom. The lowest BCUT2D eigenvalue weighted by Crippen LogP contribution is -2.05. The van der Waals surface area contributed by atoms with Crippen LogP contribution < -0.4 is 5.32 Å². The second-order valence-corrected chi connectivity index (χ2v) is 4.22. The van der Waals surface area contributed by atoms with Crippen molar-refractivity contribution in [3.8, 4) is 0 Å². The summed E-state index contributed by atoms with van der Waals surface area (Å²) in [6.45, 7) is 5.83. The van der Waals surface area contributed by atoms with Gasteiger partial charge in [0.15, 0.2) is 5.13 Å². The molecule has 1 heterocycles. The molecule has 6 heteroatoms. The summed E-state index contributed by atoms with van der Waals surface area (Å²) >= 11 is 1.17. The lowest BCUT2D eigenvalue weighted by atomic mass is 10.4. The third-order valence-corrected chi connectivity index (χ3v) is 3.04. The number of rotatable bonds is 7. The van der Waals surface area contributed by atoms with Crippen LogP contribution in [0, 0.1) is 6.92 Å². The minimum Gasteiger partial charge on any atom is -0.477 e. The quantitative estimate of drug-likeness (QED) is 0.718. The van der Waals surface area contributed by atoms with E-state index < -0.39 is 5.97 Å². The summed E-state index contributed by atoms with van der Waals surface area (Å²) in [7, 11) is 0. The standard InChI is InChI=1S/C10H16N2O3S/c1-3-15-6-4-5-11-10-12-7(2)8(16-10)9(13)14/h3-6H2,1-2H3,(H,11,12)(H,13,14). The van der Waals surface area contributed by atoms with Crippen LogP contribution in [0.1, 0.15) is 28.7 Å². The van der Waals surface area contributed by atoms with Crippen molar-refractivity contribution >= 4 is 22.4 Å². The number of anilines is 1. The van der Waals surface area contributed by atoms with E-state index in [1.807, 2.05) is 6.92 Å². The van der Waals surface area contributed by atoms with Gasteiger partial charge in [0.25, 0.3) is 0 Å². The SMILES string of the molecule is CCOCCCNc1nc(C)c(C(=O)O)s1. The number of thiazole rings is 1. The van der Waals surface area contributed by atoms with Crippen molar-refractivity contribution in [1.82, 2.24) is 4.98 Å². The number of hydrogen-bond acceptors (Lipinski definition) is 5. The number of ether oxygens (including phenoxy) is 1. The number of carboxylic acids is 1. The fourth-order valence-corrected chi connectivity index (χ4v) is 2.02. The van der Waals surface area contributed by atoms with E-state index in [1.54, 1.807) is 6.92 Å². The highest BCUT2D eigenvalue weighted by Gasteiger charge is 2.13. The highest BCUT2D eigenvalue weighted by molar-refractivity contribution is 7.17. The largest absolute Gasteiger partial charge is 0.477 e. The molecule has 1 rings (SSSR count). The average Bonchev–Trinajstić information content (AvgIpc) is 2.59. The van der Waals surface area contributed by atoms with Gasteiger partial charge in [-0.1, -0.05) is 11.3 Å². The number of aromatic carboxylic acids is 1. The van der Waals surface area contributed by atoms with Gasteiger partial charge in [-0.05, 0) is 20.3 Å². The van der Waals surface area contributed by atoms with E-state index in [4.69, 9.17) is 9.84 Å². The second kappa shape index (κ2) is 6.44. The minimum absolute atomic E-state index is 0.298. The molecular formula is C10H16N2O3S. The van der Waals surface area contributed by atoms with Crippen LogP contribution in [-0.4, -0.2) is 35.8 Å². The van der Waals surface area contributed by atoms with Crippen molar-refractivity contribution in [2.24, 2.45) is 0 Å². The first kappa shape index (κ1) is 12.9. The first-order valence-electron chi connectivity index (χ1n) is 5.17. The number of nitrogens with zero attached hydrogens (tertiary/aromatic N) is 1. The number of carbonyl (C=O) groups is 1. The van der Waals surface area contributed by atoms with Crippen molar-refractivity contribution in [3.05, 3.63) is 10.6 Å². The predicted molar refractivity (Wildman–Crippen MR) is 63.4 cm³/mol. The molecule has 0 fully saturated rings. The molecule has 0 aromatic carbocycles. The Labute approximate surface area is 98.5 Å². The Morgan fingerprint density at radius 2 is 2.38 bits per heavy atom.